The molecule has 7 nitrogen and oxygen atoms in total. The number of nitrogens with zero attached hydrogens (tertiary/aromatic N) is 3. The van der Waals surface area contributed by atoms with Gasteiger partial charge in [0.15, 0.2) is 0 Å². The van der Waals surface area contributed by atoms with E-state index in [1.165, 1.54) is 4.90 Å². The fourth-order valence-corrected chi connectivity index (χ4v) is 7.49. The molecule has 192 valence electrons. The Bertz CT molecular complexity index is 1870. The van der Waals surface area contributed by atoms with Gasteiger partial charge in [0.05, 0.1) is 17.1 Å². The predicted octanol–water partition coefficient (Wildman–Crippen LogP) is 5.69. The number of carbonyl (C=O) groups is 2. The normalized spacial score (nSPS) is 24.1. The molecular weight excluding hydrogens is 502 g/mol. The van der Waals surface area contributed by atoms with E-state index in [0.29, 0.717) is 22.3 Å². The fraction of sp³-hybridized carbons (Fsp3) is 0.121. The summed E-state index contributed by atoms with van der Waals surface area (Å²) in [5.74, 6) is -3.49. The molecule has 2 amide bonds. The van der Waals surface area contributed by atoms with Crippen molar-refractivity contribution in [1.29, 1.82) is 0 Å². The second kappa shape index (κ2) is 7.93. The number of amides is 2. The van der Waals surface area contributed by atoms with Gasteiger partial charge in [-0.1, -0.05) is 91.0 Å². The highest BCUT2D eigenvalue weighted by atomic mass is 16.6. The van der Waals surface area contributed by atoms with Gasteiger partial charge in [0.2, 0.25) is 11.8 Å². The average Bonchev–Trinajstić information content (AvgIpc) is 3.27. The Morgan fingerprint density at radius 3 is 2.08 bits per heavy atom. The first-order valence-electron chi connectivity index (χ1n) is 13.2. The summed E-state index contributed by atoms with van der Waals surface area (Å²) in [6.07, 6.45) is 1.67. The summed E-state index contributed by atoms with van der Waals surface area (Å²) in [4.78, 5) is 47.5. The number of aromatic nitrogens is 1. The number of hydrogen-bond donors (Lipinski definition) is 0. The third kappa shape index (κ3) is 2.61. The molecule has 0 spiro atoms. The summed E-state index contributed by atoms with van der Waals surface area (Å²) in [6, 6.07) is 31.6. The zero-order chi connectivity index (χ0) is 27.2. The van der Waals surface area contributed by atoms with E-state index < -0.39 is 35.1 Å². The Balaban J connectivity index is 1.37. The zero-order valence-electron chi connectivity index (χ0n) is 21.1. The molecule has 3 aliphatic carbocycles. The van der Waals surface area contributed by atoms with Crippen molar-refractivity contribution in [2.75, 3.05) is 4.90 Å². The number of rotatable bonds is 3. The third-order valence-electron chi connectivity index (χ3n) is 8.94. The molecule has 2 heterocycles. The van der Waals surface area contributed by atoms with Crippen molar-refractivity contribution in [1.82, 2.24) is 4.98 Å². The summed E-state index contributed by atoms with van der Waals surface area (Å²) in [5.41, 5.74) is 3.37. The van der Waals surface area contributed by atoms with Crippen LogP contribution in [0.15, 0.2) is 109 Å². The first-order chi connectivity index (χ1) is 19.5. The third-order valence-corrected chi connectivity index (χ3v) is 8.94. The van der Waals surface area contributed by atoms with Crippen molar-refractivity contribution in [2.45, 2.75) is 11.5 Å². The molecule has 4 aromatic carbocycles. The van der Waals surface area contributed by atoms with E-state index in [4.69, 9.17) is 0 Å². The highest BCUT2D eigenvalue weighted by Crippen LogP contribution is 2.64. The van der Waals surface area contributed by atoms with Gasteiger partial charge in [0.25, 0.3) is 5.54 Å². The molecule has 1 fully saturated rings. The lowest BCUT2D eigenvalue weighted by atomic mass is 9.51. The monoisotopic (exact) mass is 523 g/mol. The minimum absolute atomic E-state index is 0.346. The lowest BCUT2D eigenvalue weighted by molar-refractivity contribution is -0.578. The minimum Gasteiger partial charge on any atom is -0.274 e. The second-order valence-corrected chi connectivity index (χ2v) is 10.6. The highest BCUT2D eigenvalue weighted by molar-refractivity contribution is 6.26. The first kappa shape index (κ1) is 22.8. The molecule has 0 radical (unpaired) electrons. The molecular formula is C33H21N3O4. The van der Waals surface area contributed by atoms with E-state index in [2.05, 4.69) is 4.98 Å². The van der Waals surface area contributed by atoms with E-state index in [1.54, 1.807) is 42.6 Å². The quantitative estimate of drug-likeness (QED) is 0.172. The topological polar surface area (TPSA) is 93.4 Å². The number of hydrogen-bond acceptors (Lipinski definition) is 5. The van der Waals surface area contributed by atoms with Crippen LogP contribution >= 0.6 is 0 Å². The molecule has 1 saturated heterocycles. The largest absolute Gasteiger partial charge is 0.285 e. The number of imide groups is 1. The van der Waals surface area contributed by atoms with Gasteiger partial charge in [0, 0.05) is 33.6 Å². The Hall–Kier alpha value is -5.17. The van der Waals surface area contributed by atoms with E-state index >= 15 is 0 Å². The van der Waals surface area contributed by atoms with E-state index in [0.717, 1.165) is 27.6 Å². The Kier molecular flexibility index (Phi) is 4.51. The lowest BCUT2D eigenvalue weighted by Crippen LogP contribution is -2.57. The van der Waals surface area contributed by atoms with E-state index in [-0.39, 0.29) is 4.92 Å². The van der Waals surface area contributed by atoms with E-state index in [1.807, 2.05) is 66.7 Å². The average molecular weight is 524 g/mol. The van der Waals surface area contributed by atoms with Crippen LogP contribution in [0.1, 0.15) is 28.2 Å². The summed E-state index contributed by atoms with van der Waals surface area (Å²) < 4.78 is 0. The van der Waals surface area contributed by atoms with Gasteiger partial charge in [0.1, 0.15) is 5.92 Å². The van der Waals surface area contributed by atoms with Crippen molar-refractivity contribution in [2.24, 2.45) is 11.8 Å². The summed E-state index contributed by atoms with van der Waals surface area (Å²) in [7, 11) is 0. The molecule has 2 unspecified atom stereocenters. The van der Waals surface area contributed by atoms with Crippen LogP contribution in [0.4, 0.5) is 5.69 Å². The number of fused-ring (bicyclic) bond motifs is 1. The minimum atomic E-state index is -1.86. The molecule has 0 saturated carbocycles. The number of benzene rings is 4. The van der Waals surface area contributed by atoms with Crippen molar-refractivity contribution in [3.8, 4) is 11.1 Å². The summed E-state index contributed by atoms with van der Waals surface area (Å²) in [6.45, 7) is 0. The highest BCUT2D eigenvalue weighted by Gasteiger charge is 2.75. The van der Waals surface area contributed by atoms with Crippen molar-refractivity contribution in [3.05, 3.63) is 142 Å². The van der Waals surface area contributed by atoms with Crippen molar-refractivity contribution in [3.63, 3.8) is 0 Å². The Morgan fingerprint density at radius 1 is 0.750 bits per heavy atom. The molecule has 9 rings (SSSR count). The van der Waals surface area contributed by atoms with Crippen LogP contribution in [0, 0.1) is 22.0 Å². The summed E-state index contributed by atoms with van der Waals surface area (Å²) >= 11 is 0. The number of para-hydroxylation sites is 1. The molecule has 4 aliphatic rings. The number of anilines is 1. The van der Waals surface area contributed by atoms with Crippen LogP contribution < -0.4 is 4.90 Å². The SMILES string of the molecule is O=C1C2C3c4ccccc4C([N+](=O)[O-])(c4ccccc43)C2C(=O)N1c1cccc2c(-c3ccccc3)ccnc12. The van der Waals surface area contributed by atoms with Gasteiger partial charge in [-0.25, -0.2) is 4.90 Å². The van der Waals surface area contributed by atoms with Crippen LogP contribution in [0.2, 0.25) is 0 Å². The van der Waals surface area contributed by atoms with Crippen molar-refractivity contribution < 1.29 is 14.5 Å². The smallest absolute Gasteiger partial charge is 0.274 e. The maximum atomic E-state index is 14.4. The van der Waals surface area contributed by atoms with Gasteiger partial charge < -0.3 is 0 Å². The second-order valence-electron chi connectivity index (χ2n) is 10.6. The summed E-state index contributed by atoms with van der Waals surface area (Å²) in [5, 5.41) is 14.0. The molecule has 1 aliphatic heterocycles. The van der Waals surface area contributed by atoms with Crippen LogP contribution in [0.5, 0.6) is 0 Å². The molecule has 5 aromatic rings. The number of carbonyl (C=O) groups excluding carboxylic acids is 2. The molecule has 0 N–H and O–H groups in total. The van der Waals surface area contributed by atoms with Crippen LogP contribution in [-0.4, -0.2) is 21.7 Å². The predicted molar refractivity (Wildman–Crippen MR) is 149 cm³/mol. The van der Waals surface area contributed by atoms with Crippen molar-refractivity contribution >= 4 is 28.4 Å². The molecule has 2 atom stereocenters. The maximum Gasteiger partial charge on any atom is 0.285 e. The van der Waals surface area contributed by atoms with Crippen LogP contribution in [0.3, 0.4) is 0 Å². The number of pyridine rings is 1. The van der Waals surface area contributed by atoms with Crippen LogP contribution in [-0.2, 0) is 15.1 Å². The molecule has 2 bridgehead atoms. The Labute approximate surface area is 228 Å². The van der Waals surface area contributed by atoms with Gasteiger partial charge >= 0.3 is 0 Å². The maximum absolute atomic E-state index is 14.4. The van der Waals surface area contributed by atoms with Gasteiger partial charge in [-0.2, -0.15) is 0 Å². The van der Waals surface area contributed by atoms with Gasteiger partial charge in [-0.05, 0) is 34.4 Å². The molecule has 7 heteroatoms. The first-order valence-corrected chi connectivity index (χ1v) is 13.2. The Morgan fingerprint density at radius 2 is 1.40 bits per heavy atom. The fourth-order valence-electron chi connectivity index (χ4n) is 7.49. The number of nitro groups is 1. The molecule has 40 heavy (non-hydrogen) atoms. The van der Waals surface area contributed by atoms with Gasteiger partial charge in [-0.3, -0.25) is 24.7 Å². The standard InChI is InChI=1S/C33H21N3O4/c37-31-28-27-22-11-4-6-14-24(22)33(36(39)40,25-15-7-5-12-23(25)27)29(28)32(38)35(31)26-16-8-13-21-20(17-18-34-30(21)26)19-9-2-1-3-10-19/h1-18,27-29H. The lowest BCUT2D eigenvalue weighted by Gasteiger charge is -2.48. The van der Waals surface area contributed by atoms with Crippen LogP contribution in [0.25, 0.3) is 22.0 Å². The molecule has 1 aromatic heterocycles. The van der Waals surface area contributed by atoms with Gasteiger partial charge in [-0.15, -0.1) is 0 Å². The van der Waals surface area contributed by atoms with E-state index in [9.17, 15) is 19.7 Å². The zero-order valence-corrected chi connectivity index (χ0v) is 21.1.